The lowest BCUT2D eigenvalue weighted by Crippen LogP contribution is -1.96. The van der Waals surface area contributed by atoms with Gasteiger partial charge in [-0.25, -0.2) is 4.98 Å². The second kappa shape index (κ2) is 4.59. The van der Waals surface area contributed by atoms with Crippen LogP contribution >= 0.6 is 11.6 Å². The van der Waals surface area contributed by atoms with E-state index in [9.17, 15) is 0 Å². The highest BCUT2D eigenvalue weighted by Gasteiger charge is 2.05. The van der Waals surface area contributed by atoms with E-state index in [-0.39, 0.29) is 5.95 Å². The van der Waals surface area contributed by atoms with Gasteiger partial charge in [0.15, 0.2) is 0 Å². The summed E-state index contributed by atoms with van der Waals surface area (Å²) < 4.78 is 5.59. The Hall–Kier alpha value is -1.81. The number of hydrogen-bond acceptors (Lipinski definition) is 4. The van der Waals surface area contributed by atoms with E-state index < -0.39 is 0 Å². The smallest absolute Gasteiger partial charge is 0.224 e. The first-order chi connectivity index (χ1) is 8.06. The zero-order chi connectivity index (χ0) is 12.4. The summed E-state index contributed by atoms with van der Waals surface area (Å²) in [4.78, 5) is 7.76. The molecule has 0 radical (unpaired) electrons. The average Bonchev–Trinajstić information content (AvgIpc) is 2.26. The van der Waals surface area contributed by atoms with E-state index in [1.165, 1.54) is 0 Å². The Morgan fingerprint density at radius 1 is 1.24 bits per heavy atom. The van der Waals surface area contributed by atoms with Gasteiger partial charge in [-0.2, -0.15) is 4.98 Å². The summed E-state index contributed by atoms with van der Waals surface area (Å²) in [5.74, 6) is 1.28. The largest absolute Gasteiger partial charge is 0.439 e. The van der Waals surface area contributed by atoms with E-state index in [1.54, 1.807) is 12.3 Å². The zero-order valence-corrected chi connectivity index (χ0v) is 10.3. The number of rotatable bonds is 2. The minimum atomic E-state index is 0.185. The number of aryl methyl sites for hydroxylation is 2. The van der Waals surface area contributed by atoms with E-state index in [2.05, 4.69) is 9.97 Å². The van der Waals surface area contributed by atoms with E-state index >= 15 is 0 Å². The van der Waals surface area contributed by atoms with E-state index in [1.807, 2.05) is 26.0 Å². The van der Waals surface area contributed by atoms with Gasteiger partial charge in [-0.15, -0.1) is 0 Å². The molecule has 0 amide bonds. The Labute approximate surface area is 104 Å². The minimum Gasteiger partial charge on any atom is -0.439 e. The van der Waals surface area contributed by atoms with Gasteiger partial charge in [-0.05, 0) is 37.1 Å². The van der Waals surface area contributed by atoms with E-state index in [0.29, 0.717) is 11.6 Å². The molecule has 5 heteroatoms. The van der Waals surface area contributed by atoms with Crippen LogP contribution in [0.4, 0.5) is 5.95 Å². The van der Waals surface area contributed by atoms with Crippen molar-refractivity contribution in [2.45, 2.75) is 13.8 Å². The molecule has 0 fully saturated rings. The van der Waals surface area contributed by atoms with Gasteiger partial charge in [0.1, 0.15) is 5.75 Å². The fourth-order valence-electron chi connectivity index (χ4n) is 1.50. The highest BCUT2D eigenvalue weighted by Crippen LogP contribution is 2.28. The third kappa shape index (κ3) is 2.65. The van der Waals surface area contributed by atoms with E-state index in [0.717, 1.165) is 16.1 Å². The van der Waals surface area contributed by atoms with Crippen LogP contribution in [-0.2, 0) is 0 Å². The number of ether oxygens (including phenoxy) is 1. The summed E-state index contributed by atoms with van der Waals surface area (Å²) in [6.07, 6.45) is 1.55. The topological polar surface area (TPSA) is 61.0 Å². The van der Waals surface area contributed by atoms with Gasteiger partial charge in [-0.3, -0.25) is 0 Å². The quantitative estimate of drug-likeness (QED) is 0.888. The molecule has 0 aliphatic rings. The molecule has 2 N–H and O–H groups in total. The van der Waals surface area contributed by atoms with Crippen LogP contribution in [0.3, 0.4) is 0 Å². The molecule has 1 aromatic heterocycles. The lowest BCUT2D eigenvalue weighted by atomic mass is 10.1. The molecule has 17 heavy (non-hydrogen) atoms. The molecule has 0 atom stereocenters. The molecule has 1 heterocycles. The molecule has 0 saturated heterocycles. The van der Waals surface area contributed by atoms with Crippen molar-refractivity contribution in [1.29, 1.82) is 0 Å². The summed E-state index contributed by atoms with van der Waals surface area (Å²) in [5.41, 5.74) is 7.40. The monoisotopic (exact) mass is 249 g/mol. The van der Waals surface area contributed by atoms with Crippen molar-refractivity contribution in [2.24, 2.45) is 0 Å². The number of aromatic nitrogens is 2. The lowest BCUT2D eigenvalue weighted by molar-refractivity contribution is 0.462. The van der Waals surface area contributed by atoms with Crippen molar-refractivity contribution in [1.82, 2.24) is 9.97 Å². The van der Waals surface area contributed by atoms with Crippen molar-refractivity contribution in [3.8, 4) is 11.6 Å². The molecule has 1 aromatic carbocycles. The summed E-state index contributed by atoms with van der Waals surface area (Å²) in [7, 11) is 0. The standard InChI is InChI=1S/C12H12ClN3O/c1-7-5-9(6-8(2)11(7)13)17-10-3-4-15-12(14)16-10/h3-6H,1-2H3,(H2,14,15,16). The predicted molar refractivity (Wildman–Crippen MR) is 67.4 cm³/mol. The molecule has 0 saturated carbocycles. The Morgan fingerprint density at radius 2 is 1.88 bits per heavy atom. The molecule has 0 bridgehead atoms. The zero-order valence-electron chi connectivity index (χ0n) is 9.57. The molecule has 4 nitrogen and oxygen atoms in total. The van der Waals surface area contributed by atoms with Crippen LogP contribution in [0.2, 0.25) is 5.02 Å². The van der Waals surface area contributed by atoms with Crippen molar-refractivity contribution < 1.29 is 4.74 Å². The maximum atomic E-state index is 6.08. The Kier molecular flexibility index (Phi) is 3.15. The number of hydrogen-bond donors (Lipinski definition) is 1. The maximum Gasteiger partial charge on any atom is 0.224 e. The molecule has 0 spiro atoms. The summed E-state index contributed by atoms with van der Waals surface area (Å²) in [6, 6.07) is 5.36. The second-order valence-electron chi connectivity index (χ2n) is 3.73. The Bertz CT molecular complexity index is 534. The predicted octanol–water partition coefficient (Wildman–Crippen LogP) is 3.12. The molecule has 88 valence electrons. The van der Waals surface area contributed by atoms with Crippen LogP contribution in [0, 0.1) is 13.8 Å². The molecular weight excluding hydrogens is 238 g/mol. The number of nitrogen functional groups attached to an aromatic ring is 1. The average molecular weight is 250 g/mol. The SMILES string of the molecule is Cc1cc(Oc2ccnc(N)n2)cc(C)c1Cl. The molecule has 2 rings (SSSR count). The van der Waals surface area contributed by atoms with E-state index in [4.69, 9.17) is 22.1 Å². The minimum absolute atomic E-state index is 0.185. The normalized spacial score (nSPS) is 10.3. The van der Waals surface area contributed by atoms with Gasteiger partial charge in [0.2, 0.25) is 11.8 Å². The number of halogens is 1. The van der Waals surface area contributed by atoms with Crippen LogP contribution in [0.1, 0.15) is 11.1 Å². The van der Waals surface area contributed by atoms with Crippen molar-refractivity contribution in [3.63, 3.8) is 0 Å². The van der Waals surface area contributed by atoms with Crippen molar-refractivity contribution in [3.05, 3.63) is 40.5 Å². The molecule has 0 unspecified atom stereocenters. The molecular formula is C12H12ClN3O. The first-order valence-electron chi connectivity index (χ1n) is 5.09. The first-order valence-corrected chi connectivity index (χ1v) is 5.47. The summed E-state index contributed by atoms with van der Waals surface area (Å²) >= 11 is 6.08. The van der Waals surface area contributed by atoms with Crippen molar-refractivity contribution in [2.75, 3.05) is 5.73 Å². The van der Waals surface area contributed by atoms with Crippen LogP contribution in [-0.4, -0.2) is 9.97 Å². The number of nitrogens with zero attached hydrogens (tertiary/aromatic N) is 2. The van der Waals surface area contributed by atoms with Gasteiger partial charge in [0, 0.05) is 17.3 Å². The number of anilines is 1. The van der Waals surface area contributed by atoms with Crippen LogP contribution in [0.15, 0.2) is 24.4 Å². The fourth-order valence-corrected chi connectivity index (χ4v) is 1.61. The highest BCUT2D eigenvalue weighted by atomic mass is 35.5. The third-order valence-corrected chi connectivity index (χ3v) is 2.88. The summed E-state index contributed by atoms with van der Waals surface area (Å²) in [6.45, 7) is 3.85. The molecule has 2 aromatic rings. The number of benzene rings is 1. The number of nitrogens with two attached hydrogens (primary N) is 1. The van der Waals surface area contributed by atoms with Gasteiger partial charge < -0.3 is 10.5 Å². The summed E-state index contributed by atoms with van der Waals surface area (Å²) in [5, 5.41) is 0.750. The van der Waals surface area contributed by atoms with Gasteiger partial charge >= 0.3 is 0 Å². The van der Waals surface area contributed by atoms with Gasteiger partial charge in [-0.1, -0.05) is 11.6 Å². The first kappa shape index (κ1) is 11.7. The lowest BCUT2D eigenvalue weighted by Gasteiger charge is -2.08. The highest BCUT2D eigenvalue weighted by molar-refractivity contribution is 6.32. The molecule has 0 aliphatic carbocycles. The van der Waals surface area contributed by atoms with Crippen LogP contribution in [0.25, 0.3) is 0 Å². The van der Waals surface area contributed by atoms with Crippen LogP contribution < -0.4 is 10.5 Å². The van der Waals surface area contributed by atoms with Crippen molar-refractivity contribution >= 4 is 17.5 Å². The van der Waals surface area contributed by atoms with Gasteiger partial charge in [0.05, 0.1) is 0 Å². The third-order valence-electron chi connectivity index (χ3n) is 2.28. The maximum absolute atomic E-state index is 6.08. The van der Waals surface area contributed by atoms with Gasteiger partial charge in [0.25, 0.3) is 0 Å². The van der Waals surface area contributed by atoms with Crippen LogP contribution in [0.5, 0.6) is 11.6 Å². The molecule has 0 aliphatic heterocycles. The fraction of sp³-hybridized carbons (Fsp3) is 0.167. The Balaban J connectivity index is 2.31. The Morgan fingerprint density at radius 3 is 2.47 bits per heavy atom. The second-order valence-corrected chi connectivity index (χ2v) is 4.10.